The summed E-state index contributed by atoms with van der Waals surface area (Å²) in [6, 6.07) is 21.1. The molecule has 0 bridgehead atoms. The molecule has 4 aromatic rings. The summed E-state index contributed by atoms with van der Waals surface area (Å²) in [5.41, 5.74) is 6.18. The maximum atomic E-state index is 12.1. The molecule has 2 aromatic carbocycles. The van der Waals surface area contributed by atoms with Gasteiger partial charge in [0.15, 0.2) is 5.11 Å². The average Bonchev–Trinajstić information content (AvgIpc) is 3.39. The zero-order valence-corrected chi connectivity index (χ0v) is 25.1. The first-order valence-corrected chi connectivity index (χ1v) is 15.3. The molecule has 11 heteroatoms. The largest absolute Gasteiger partial charge is 0.495 e. The number of halogens is 1. The molecule has 0 unspecified atom stereocenters. The van der Waals surface area contributed by atoms with E-state index in [4.69, 9.17) is 17.0 Å². The number of sulfonamides is 1. The van der Waals surface area contributed by atoms with Crippen molar-refractivity contribution >= 4 is 54.7 Å². The Hall–Kier alpha value is -3.41. The van der Waals surface area contributed by atoms with Crippen LogP contribution in [0.5, 0.6) is 5.75 Å². The van der Waals surface area contributed by atoms with Crippen LogP contribution in [0.4, 0.5) is 11.4 Å². The van der Waals surface area contributed by atoms with E-state index in [0.29, 0.717) is 16.5 Å². The van der Waals surface area contributed by atoms with Crippen LogP contribution in [0.15, 0.2) is 77.4 Å². The first-order valence-electron chi connectivity index (χ1n) is 12.2. The minimum atomic E-state index is -3.54. The molecule has 1 fully saturated rings. The number of ether oxygens (including phenoxy) is 1. The molecule has 39 heavy (non-hydrogen) atoms. The van der Waals surface area contributed by atoms with Crippen molar-refractivity contribution in [2.24, 2.45) is 0 Å². The Kier molecular flexibility index (Phi) is 7.41. The second-order valence-corrected chi connectivity index (χ2v) is 12.4. The van der Waals surface area contributed by atoms with Crippen LogP contribution in [-0.4, -0.2) is 36.4 Å². The lowest BCUT2D eigenvalue weighted by Crippen LogP contribution is -2.29. The summed E-state index contributed by atoms with van der Waals surface area (Å²) in [6.07, 6.45) is 2.88. The van der Waals surface area contributed by atoms with Crippen molar-refractivity contribution in [3.8, 4) is 11.4 Å². The maximum absolute atomic E-state index is 12.1. The van der Waals surface area contributed by atoms with Crippen molar-refractivity contribution in [1.29, 1.82) is 0 Å². The fourth-order valence-corrected chi connectivity index (χ4v) is 6.32. The lowest BCUT2D eigenvalue weighted by atomic mass is 9.96. The molecule has 1 aliphatic rings. The Bertz CT molecular complexity index is 1640. The van der Waals surface area contributed by atoms with Gasteiger partial charge in [-0.05, 0) is 92.3 Å². The molecule has 2 aromatic heterocycles. The number of thiocarbonyl (C=S) groups is 1. The van der Waals surface area contributed by atoms with E-state index >= 15 is 0 Å². The third-order valence-electron chi connectivity index (χ3n) is 6.73. The highest BCUT2D eigenvalue weighted by Gasteiger charge is 2.42. The number of rotatable bonds is 7. The topological polar surface area (TPSA) is 88.5 Å². The summed E-state index contributed by atoms with van der Waals surface area (Å²) >= 11 is 9.41. The van der Waals surface area contributed by atoms with Crippen LogP contribution in [0.25, 0.3) is 5.69 Å². The molecule has 0 spiro atoms. The van der Waals surface area contributed by atoms with Crippen molar-refractivity contribution < 1.29 is 13.2 Å². The number of nitrogens with zero attached hydrogens (tertiary/aromatic N) is 3. The SMILES string of the molecule is COc1ccc(N2C(=S)N[C@H](c3ccccn3)[C@@H]2c2cc(C)n(-c3ccc(Br)cc3)c2C)cc1NS(C)(=O)=O. The van der Waals surface area contributed by atoms with Gasteiger partial charge in [0.1, 0.15) is 5.75 Å². The summed E-state index contributed by atoms with van der Waals surface area (Å²) < 4.78 is 35.4. The molecule has 5 rings (SSSR count). The number of methoxy groups -OCH3 is 1. The molecular formula is C28H28BrN5O3S2. The Balaban J connectivity index is 1.68. The molecule has 202 valence electrons. The smallest absolute Gasteiger partial charge is 0.229 e. The van der Waals surface area contributed by atoms with Crippen LogP contribution in [0.1, 0.15) is 34.7 Å². The second kappa shape index (κ2) is 10.6. The van der Waals surface area contributed by atoms with Gasteiger partial charge in [-0.1, -0.05) is 22.0 Å². The van der Waals surface area contributed by atoms with Gasteiger partial charge in [0.05, 0.1) is 36.8 Å². The van der Waals surface area contributed by atoms with Gasteiger partial charge >= 0.3 is 0 Å². The molecule has 2 atom stereocenters. The first-order chi connectivity index (χ1) is 18.6. The standard InChI is InChI=1S/C28H28BrN5O3S2/c1-17-15-22(18(2)33(17)20-10-8-19(29)9-11-20)27-26(23-7-5-6-14-30-23)31-28(38)34(27)21-12-13-25(37-3)24(16-21)32-39(4,35)36/h5-16,26-27,32H,1-4H3,(H,31,38)/t26-,27+/m1/s1. The van der Waals surface area contributed by atoms with Crippen molar-refractivity contribution in [1.82, 2.24) is 14.9 Å². The fourth-order valence-electron chi connectivity index (χ4n) is 5.15. The highest BCUT2D eigenvalue weighted by atomic mass is 79.9. The van der Waals surface area contributed by atoms with Crippen molar-refractivity contribution in [2.45, 2.75) is 25.9 Å². The molecule has 1 aliphatic heterocycles. The molecular weight excluding hydrogens is 598 g/mol. The number of pyridine rings is 1. The number of anilines is 2. The van der Waals surface area contributed by atoms with Gasteiger partial charge in [-0.25, -0.2) is 8.42 Å². The number of hydrogen-bond donors (Lipinski definition) is 2. The molecule has 2 N–H and O–H groups in total. The van der Waals surface area contributed by atoms with Crippen molar-refractivity contribution in [3.05, 3.63) is 100 Å². The van der Waals surface area contributed by atoms with E-state index in [9.17, 15) is 8.42 Å². The van der Waals surface area contributed by atoms with E-state index in [1.54, 1.807) is 18.3 Å². The van der Waals surface area contributed by atoms with E-state index in [0.717, 1.165) is 44.7 Å². The molecule has 8 nitrogen and oxygen atoms in total. The fraction of sp³-hybridized carbons (Fsp3) is 0.214. The quantitative estimate of drug-likeness (QED) is 0.251. The number of nitrogens with one attached hydrogen (secondary N) is 2. The van der Waals surface area contributed by atoms with E-state index in [1.807, 2.05) is 41.3 Å². The van der Waals surface area contributed by atoms with Crippen LogP contribution in [0, 0.1) is 13.8 Å². The Morgan fingerprint density at radius 3 is 2.41 bits per heavy atom. The van der Waals surface area contributed by atoms with Crippen molar-refractivity contribution in [2.75, 3.05) is 23.0 Å². The van der Waals surface area contributed by atoms with Gasteiger partial charge in [-0.15, -0.1) is 0 Å². The van der Waals surface area contributed by atoms with E-state index < -0.39 is 10.0 Å². The predicted molar refractivity (Wildman–Crippen MR) is 162 cm³/mol. The highest BCUT2D eigenvalue weighted by Crippen LogP contribution is 2.45. The number of aryl methyl sites for hydroxylation is 1. The second-order valence-electron chi connectivity index (χ2n) is 9.39. The summed E-state index contributed by atoms with van der Waals surface area (Å²) in [6.45, 7) is 4.19. The van der Waals surface area contributed by atoms with Crippen LogP contribution >= 0.6 is 28.1 Å². The van der Waals surface area contributed by atoms with Gasteiger partial charge in [0.25, 0.3) is 0 Å². The Morgan fingerprint density at radius 2 is 1.77 bits per heavy atom. The first kappa shape index (κ1) is 27.2. The number of hydrogen-bond acceptors (Lipinski definition) is 5. The minimum Gasteiger partial charge on any atom is -0.495 e. The number of benzene rings is 2. The molecule has 0 radical (unpaired) electrons. The van der Waals surface area contributed by atoms with Crippen LogP contribution in [0.2, 0.25) is 0 Å². The lowest BCUT2D eigenvalue weighted by molar-refractivity contribution is 0.417. The number of aromatic nitrogens is 2. The summed E-state index contributed by atoms with van der Waals surface area (Å²) in [5, 5.41) is 3.99. The van der Waals surface area contributed by atoms with E-state index in [1.165, 1.54) is 7.11 Å². The highest BCUT2D eigenvalue weighted by molar-refractivity contribution is 9.10. The van der Waals surface area contributed by atoms with Gasteiger partial charge < -0.3 is 19.5 Å². The molecule has 1 saturated heterocycles. The van der Waals surface area contributed by atoms with Gasteiger partial charge in [0.2, 0.25) is 10.0 Å². The third-order valence-corrected chi connectivity index (χ3v) is 8.16. The molecule has 3 heterocycles. The molecule has 0 amide bonds. The molecule has 0 aliphatic carbocycles. The third kappa shape index (κ3) is 5.39. The average molecular weight is 627 g/mol. The predicted octanol–water partition coefficient (Wildman–Crippen LogP) is 5.81. The zero-order valence-electron chi connectivity index (χ0n) is 21.8. The Labute approximate surface area is 242 Å². The Morgan fingerprint density at radius 1 is 1.05 bits per heavy atom. The van der Waals surface area contributed by atoms with Gasteiger partial charge in [0, 0.05) is 33.4 Å². The summed E-state index contributed by atoms with van der Waals surface area (Å²) in [4.78, 5) is 6.67. The van der Waals surface area contributed by atoms with Gasteiger partial charge in [-0.2, -0.15) is 0 Å². The van der Waals surface area contributed by atoms with E-state index in [2.05, 4.69) is 67.6 Å². The lowest BCUT2D eigenvalue weighted by Gasteiger charge is -2.29. The molecule has 0 saturated carbocycles. The van der Waals surface area contributed by atoms with Crippen LogP contribution < -0.4 is 19.7 Å². The van der Waals surface area contributed by atoms with E-state index in [-0.39, 0.29) is 12.1 Å². The zero-order chi connectivity index (χ0) is 27.9. The van der Waals surface area contributed by atoms with Crippen molar-refractivity contribution in [3.63, 3.8) is 0 Å². The summed E-state index contributed by atoms with van der Waals surface area (Å²) in [7, 11) is -2.04. The van der Waals surface area contributed by atoms with Gasteiger partial charge in [-0.3, -0.25) is 9.71 Å². The van der Waals surface area contributed by atoms with Crippen LogP contribution in [-0.2, 0) is 10.0 Å². The minimum absolute atomic E-state index is 0.244. The normalized spacial score (nSPS) is 17.3. The summed E-state index contributed by atoms with van der Waals surface area (Å²) in [5.74, 6) is 0.411. The van der Waals surface area contributed by atoms with Crippen LogP contribution in [0.3, 0.4) is 0 Å². The monoisotopic (exact) mass is 625 g/mol. The maximum Gasteiger partial charge on any atom is 0.229 e.